The van der Waals surface area contributed by atoms with Crippen molar-refractivity contribution in [3.63, 3.8) is 0 Å². The van der Waals surface area contributed by atoms with Crippen LogP contribution in [0.25, 0.3) is 0 Å². The lowest BCUT2D eigenvalue weighted by Crippen LogP contribution is -2.27. The van der Waals surface area contributed by atoms with Gasteiger partial charge in [0.2, 0.25) is 0 Å². The van der Waals surface area contributed by atoms with Gasteiger partial charge in [0, 0.05) is 23.0 Å². The number of aromatic nitrogens is 1. The van der Waals surface area contributed by atoms with Crippen molar-refractivity contribution in [2.45, 2.75) is 18.8 Å². The Morgan fingerprint density at radius 1 is 1.23 bits per heavy atom. The Kier molecular flexibility index (Phi) is 3.14. The number of pyridine rings is 1. The van der Waals surface area contributed by atoms with E-state index in [4.69, 9.17) is 9.47 Å². The molecule has 5 nitrogen and oxygen atoms in total. The Morgan fingerprint density at radius 2 is 2.00 bits per heavy atom. The van der Waals surface area contributed by atoms with E-state index in [-0.39, 0.29) is 6.29 Å². The minimum atomic E-state index is -0.868. The topological polar surface area (TPSA) is 54.8 Å². The first kappa shape index (κ1) is 13.7. The summed E-state index contributed by atoms with van der Waals surface area (Å²) in [4.78, 5) is 6.40. The molecule has 0 saturated carbocycles. The molecule has 22 heavy (non-hydrogen) atoms. The van der Waals surface area contributed by atoms with Gasteiger partial charge < -0.3 is 19.5 Å². The maximum atomic E-state index is 10.6. The number of nitrogens with zero attached hydrogens (tertiary/aromatic N) is 2. The van der Waals surface area contributed by atoms with Crippen LogP contribution in [0.15, 0.2) is 42.7 Å². The third-order valence-electron chi connectivity index (χ3n) is 4.19. The summed E-state index contributed by atoms with van der Waals surface area (Å²) in [5.41, 5.74) is 2.92. The number of anilines is 2. The van der Waals surface area contributed by atoms with Crippen molar-refractivity contribution >= 4 is 11.4 Å². The molecule has 2 aliphatic rings. The van der Waals surface area contributed by atoms with E-state index in [0.717, 1.165) is 22.5 Å². The van der Waals surface area contributed by atoms with E-state index in [0.29, 0.717) is 19.8 Å². The van der Waals surface area contributed by atoms with Gasteiger partial charge in [0.15, 0.2) is 6.29 Å². The lowest BCUT2D eigenvalue weighted by atomic mass is 9.99. The Morgan fingerprint density at radius 3 is 2.82 bits per heavy atom. The van der Waals surface area contributed by atoms with Crippen LogP contribution in [0.5, 0.6) is 0 Å². The van der Waals surface area contributed by atoms with Crippen LogP contribution in [-0.4, -0.2) is 29.8 Å². The van der Waals surface area contributed by atoms with Gasteiger partial charge in [-0.3, -0.25) is 4.98 Å². The molecule has 0 spiro atoms. The third-order valence-corrected chi connectivity index (χ3v) is 4.19. The van der Waals surface area contributed by atoms with E-state index in [1.807, 2.05) is 37.3 Å². The van der Waals surface area contributed by atoms with E-state index in [1.165, 1.54) is 0 Å². The van der Waals surface area contributed by atoms with Crippen molar-refractivity contribution < 1.29 is 14.6 Å². The molecule has 4 rings (SSSR count). The number of aliphatic hydroxyl groups is 1. The lowest BCUT2D eigenvalue weighted by Gasteiger charge is -2.22. The fraction of sp³-hybridized carbons (Fsp3) is 0.353. The molecule has 0 aliphatic carbocycles. The Labute approximate surface area is 129 Å². The Hall–Kier alpha value is -1.95. The highest BCUT2D eigenvalue weighted by Gasteiger charge is 2.37. The van der Waals surface area contributed by atoms with Crippen molar-refractivity contribution in [2.75, 3.05) is 24.7 Å². The van der Waals surface area contributed by atoms with E-state index in [1.54, 1.807) is 12.4 Å². The highest BCUT2D eigenvalue weighted by Crippen LogP contribution is 2.43. The van der Waals surface area contributed by atoms with Crippen LogP contribution < -0.4 is 4.90 Å². The van der Waals surface area contributed by atoms with Gasteiger partial charge in [-0.15, -0.1) is 0 Å². The minimum Gasteiger partial charge on any atom is -0.383 e. The van der Waals surface area contributed by atoms with Crippen LogP contribution >= 0.6 is 0 Å². The van der Waals surface area contributed by atoms with Crippen LogP contribution in [0.4, 0.5) is 11.4 Å². The van der Waals surface area contributed by atoms with Gasteiger partial charge in [-0.2, -0.15) is 0 Å². The summed E-state index contributed by atoms with van der Waals surface area (Å²) in [6.45, 7) is 3.56. The largest absolute Gasteiger partial charge is 0.383 e. The fourth-order valence-electron chi connectivity index (χ4n) is 3.15. The van der Waals surface area contributed by atoms with Crippen molar-refractivity contribution in [3.8, 4) is 0 Å². The van der Waals surface area contributed by atoms with Gasteiger partial charge in [-0.25, -0.2) is 0 Å². The normalized spacial score (nSPS) is 24.7. The van der Waals surface area contributed by atoms with Gasteiger partial charge in [0.1, 0.15) is 5.60 Å². The smallest absolute Gasteiger partial charge is 0.185 e. The summed E-state index contributed by atoms with van der Waals surface area (Å²) in [5, 5.41) is 10.6. The number of fused-ring (bicyclic) bond motifs is 1. The first-order chi connectivity index (χ1) is 10.6. The van der Waals surface area contributed by atoms with Crippen LogP contribution in [0.2, 0.25) is 0 Å². The second kappa shape index (κ2) is 5.05. The fourth-order valence-corrected chi connectivity index (χ4v) is 3.15. The molecular formula is C17H18N2O3. The van der Waals surface area contributed by atoms with Crippen LogP contribution in [0, 0.1) is 0 Å². The lowest BCUT2D eigenvalue weighted by molar-refractivity contribution is -0.0443. The number of hydrogen-bond donors (Lipinski definition) is 1. The van der Waals surface area contributed by atoms with E-state index in [2.05, 4.69) is 9.88 Å². The van der Waals surface area contributed by atoms with Crippen molar-refractivity contribution in [2.24, 2.45) is 0 Å². The van der Waals surface area contributed by atoms with Crippen molar-refractivity contribution in [1.82, 2.24) is 4.98 Å². The summed E-state index contributed by atoms with van der Waals surface area (Å²) in [6, 6.07) is 9.93. The molecule has 2 aliphatic heterocycles. The predicted octanol–water partition coefficient (Wildman–Crippen LogP) is 2.49. The number of benzene rings is 1. The van der Waals surface area contributed by atoms with Crippen LogP contribution in [0.1, 0.15) is 24.3 Å². The molecule has 1 atom stereocenters. The molecule has 1 aromatic carbocycles. The van der Waals surface area contributed by atoms with E-state index < -0.39 is 5.60 Å². The zero-order chi connectivity index (χ0) is 15.2. The molecule has 0 bridgehead atoms. The molecule has 1 aromatic heterocycles. The van der Waals surface area contributed by atoms with E-state index in [9.17, 15) is 5.11 Å². The maximum Gasteiger partial charge on any atom is 0.185 e. The maximum absolute atomic E-state index is 10.6. The first-order valence-electron chi connectivity index (χ1n) is 7.43. The number of para-hydroxylation sites is 1. The number of ether oxygens (including phenoxy) is 2. The zero-order valence-electron chi connectivity index (χ0n) is 12.4. The van der Waals surface area contributed by atoms with Crippen molar-refractivity contribution in [1.29, 1.82) is 0 Å². The third kappa shape index (κ3) is 2.18. The molecule has 1 saturated heterocycles. The standard InChI is InChI=1S/C17H18N2O3/c1-17(20)11-19(15-5-3-2-4-14(15)17)13-8-12(9-18-10-13)16-21-6-7-22-16/h2-5,8-10,16,20H,6-7,11H2,1H3. The predicted molar refractivity (Wildman–Crippen MR) is 81.9 cm³/mol. The quantitative estimate of drug-likeness (QED) is 0.923. The molecular weight excluding hydrogens is 280 g/mol. The van der Waals surface area contributed by atoms with Crippen LogP contribution in [0.3, 0.4) is 0 Å². The highest BCUT2D eigenvalue weighted by molar-refractivity contribution is 5.71. The van der Waals surface area contributed by atoms with E-state index >= 15 is 0 Å². The molecule has 2 aromatic rings. The SMILES string of the molecule is CC1(O)CN(c2cncc(C3OCCO3)c2)c2ccccc21. The summed E-state index contributed by atoms with van der Waals surface area (Å²) < 4.78 is 11.1. The van der Waals surface area contributed by atoms with Crippen molar-refractivity contribution in [3.05, 3.63) is 53.9 Å². The first-order valence-corrected chi connectivity index (χ1v) is 7.43. The molecule has 0 amide bonds. The Balaban J connectivity index is 1.72. The van der Waals surface area contributed by atoms with Gasteiger partial charge in [-0.1, -0.05) is 18.2 Å². The molecule has 1 N–H and O–H groups in total. The number of rotatable bonds is 2. The number of hydrogen-bond acceptors (Lipinski definition) is 5. The molecule has 3 heterocycles. The van der Waals surface area contributed by atoms with Gasteiger partial charge in [-0.05, 0) is 19.1 Å². The summed E-state index contributed by atoms with van der Waals surface area (Å²) in [5.74, 6) is 0. The molecule has 1 unspecified atom stereocenters. The monoisotopic (exact) mass is 298 g/mol. The second-order valence-corrected chi connectivity index (χ2v) is 5.93. The van der Waals surface area contributed by atoms with Gasteiger partial charge in [0.05, 0.1) is 31.6 Å². The highest BCUT2D eigenvalue weighted by atomic mass is 16.7. The van der Waals surface area contributed by atoms with Gasteiger partial charge in [0.25, 0.3) is 0 Å². The second-order valence-electron chi connectivity index (χ2n) is 5.93. The average molecular weight is 298 g/mol. The zero-order valence-corrected chi connectivity index (χ0v) is 12.4. The Bertz CT molecular complexity index is 696. The molecule has 114 valence electrons. The average Bonchev–Trinajstić information content (AvgIpc) is 3.15. The summed E-state index contributed by atoms with van der Waals surface area (Å²) in [7, 11) is 0. The summed E-state index contributed by atoms with van der Waals surface area (Å²) in [6.07, 6.45) is 3.22. The molecule has 0 radical (unpaired) electrons. The molecule has 1 fully saturated rings. The van der Waals surface area contributed by atoms with Gasteiger partial charge >= 0.3 is 0 Å². The summed E-state index contributed by atoms with van der Waals surface area (Å²) >= 11 is 0. The number of β-amino-alcohol motifs (C(OH)–C–C–N with tert-alkyl or cyclic N) is 1. The van der Waals surface area contributed by atoms with Crippen LogP contribution in [-0.2, 0) is 15.1 Å². The molecule has 5 heteroatoms. The minimum absolute atomic E-state index is 0.342.